The first kappa shape index (κ1) is 8.75. The highest BCUT2D eigenvalue weighted by molar-refractivity contribution is 5.73. The van der Waals surface area contributed by atoms with Gasteiger partial charge in [-0.2, -0.15) is 0 Å². The zero-order chi connectivity index (χ0) is 7.82. The van der Waals surface area contributed by atoms with Crippen LogP contribution in [0.15, 0.2) is 25.3 Å². The number of rotatable bonds is 4. The molecule has 0 aliphatic carbocycles. The van der Waals surface area contributed by atoms with Gasteiger partial charge in [0.1, 0.15) is 0 Å². The van der Waals surface area contributed by atoms with Gasteiger partial charge in [0, 0.05) is 6.54 Å². The van der Waals surface area contributed by atoms with E-state index in [1.54, 1.807) is 12.2 Å². The minimum absolute atomic E-state index is 0.320. The molecule has 1 radical (unpaired) electrons. The molecular formula is C7H11N2O. The van der Waals surface area contributed by atoms with E-state index < -0.39 is 0 Å². The molecule has 0 fully saturated rings. The molecule has 0 heterocycles. The van der Waals surface area contributed by atoms with Gasteiger partial charge in [0.05, 0.1) is 6.54 Å². The van der Waals surface area contributed by atoms with Crippen molar-refractivity contribution in [2.24, 2.45) is 0 Å². The molecule has 3 heteroatoms. The Hall–Kier alpha value is -1.25. The fraction of sp³-hybridized carbons (Fsp3) is 0.286. The molecule has 55 valence electrons. The lowest BCUT2D eigenvalue weighted by molar-refractivity contribution is 0.242. The largest absolute Gasteiger partial charge is 0.336 e. The van der Waals surface area contributed by atoms with Crippen molar-refractivity contribution < 1.29 is 4.79 Å². The second-order valence-electron chi connectivity index (χ2n) is 1.60. The molecule has 3 nitrogen and oxygen atoms in total. The smallest absolute Gasteiger partial charge is 0.333 e. The topological polar surface area (TPSA) is 43.2 Å². The van der Waals surface area contributed by atoms with E-state index in [0.717, 1.165) is 0 Å². The Morgan fingerprint density at radius 1 is 1.50 bits per heavy atom. The first-order valence-corrected chi connectivity index (χ1v) is 2.98. The molecule has 0 rings (SSSR count). The summed E-state index contributed by atoms with van der Waals surface area (Å²) in [5.74, 6) is 0. The summed E-state index contributed by atoms with van der Waals surface area (Å²) in [5.41, 5.74) is 0. The Bertz CT molecular complexity index is 118. The quantitative estimate of drug-likeness (QED) is 0.571. The van der Waals surface area contributed by atoms with E-state index in [1.807, 2.05) is 0 Å². The summed E-state index contributed by atoms with van der Waals surface area (Å²) in [4.78, 5) is 10.6. The maximum atomic E-state index is 10.6. The SMILES string of the molecule is C=CC[N]C(=O)NCC=C. The highest BCUT2D eigenvalue weighted by Crippen LogP contribution is 1.68. The van der Waals surface area contributed by atoms with Gasteiger partial charge < -0.3 is 5.32 Å². The van der Waals surface area contributed by atoms with E-state index in [9.17, 15) is 4.79 Å². The first-order chi connectivity index (χ1) is 4.81. The number of hydrogen-bond acceptors (Lipinski definition) is 1. The summed E-state index contributed by atoms with van der Waals surface area (Å²) in [6.07, 6.45) is 3.16. The van der Waals surface area contributed by atoms with Crippen LogP contribution in [0.1, 0.15) is 0 Å². The van der Waals surface area contributed by atoms with Gasteiger partial charge in [-0.3, -0.25) is 0 Å². The molecule has 0 bridgehead atoms. The van der Waals surface area contributed by atoms with E-state index >= 15 is 0 Å². The van der Waals surface area contributed by atoms with Crippen LogP contribution in [0.3, 0.4) is 0 Å². The molecule has 0 aromatic heterocycles. The fourth-order valence-corrected chi connectivity index (χ4v) is 0.363. The average Bonchev–Trinajstić information content (AvgIpc) is 1.97. The van der Waals surface area contributed by atoms with Crippen molar-refractivity contribution >= 4 is 6.03 Å². The number of urea groups is 1. The van der Waals surface area contributed by atoms with E-state index in [1.165, 1.54) is 0 Å². The molecule has 0 aliphatic rings. The monoisotopic (exact) mass is 139 g/mol. The summed E-state index contributed by atoms with van der Waals surface area (Å²) in [6.45, 7) is 7.68. The third-order valence-electron chi connectivity index (χ3n) is 0.762. The number of hydrogen-bond donors (Lipinski definition) is 1. The van der Waals surface area contributed by atoms with E-state index in [2.05, 4.69) is 23.8 Å². The lowest BCUT2D eigenvalue weighted by Crippen LogP contribution is -2.30. The normalized spacial score (nSPS) is 8.00. The molecule has 0 aromatic carbocycles. The highest BCUT2D eigenvalue weighted by atomic mass is 16.2. The van der Waals surface area contributed by atoms with Crippen LogP contribution in [0.2, 0.25) is 0 Å². The van der Waals surface area contributed by atoms with Crippen LogP contribution in [0, 0.1) is 0 Å². The zero-order valence-corrected chi connectivity index (χ0v) is 5.84. The number of carbonyl (C=O) groups excluding carboxylic acids is 1. The number of carbonyl (C=O) groups is 1. The standard InChI is InChI=1S/C7H11N2O/c1-3-5-8-7(10)9-6-4-2/h3-4H,1-2,5-6H2,(H,8,10). The summed E-state index contributed by atoms with van der Waals surface area (Å²) in [6, 6.07) is -0.320. The van der Waals surface area contributed by atoms with Crippen molar-refractivity contribution in [3.63, 3.8) is 0 Å². The van der Waals surface area contributed by atoms with Gasteiger partial charge in [-0.1, -0.05) is 12.2 Å². The average molecular weight is 139 g/mol. The van der Waals surface area contributed by atoms with Gasteiger partial charge in [0.2, 0.25) is 0 Å². The van der Waals surface area contributed by atoms with Crippen molar-refractivity contribution in [3.05, 3.63) is 25.3 Å². The number of amides is 2. The minimum atomic E-state index is -0.320. The lowest BCUT2D eigenvalue weighted by Gasteiger charge is -1.98. The third-order valence-corrected chi connectivity index (χ3v) is 0.762. The van der Waals surface area contributed by atoms with E-state index in [0.29, 0.717) is 13.1 Å². The van der Waals surface area contributed by atoms with Crippen LogP contribution in [0.25, 0.3) is 0 Å². The minimum Gasteiger partial charge on any atom is -0.333 e. The molecule has 0 saturated carbocycles. The van der Waals surface area contributed by atoms with Crippen LogP contribution in [-0.4, -0.2) is 19.1 Å². The zero-order valence-electron chi connectivity index (χ0n) is 5.84. The van der Waals surface area contributed by atoms with Gasteiger partial charge >= 0.3 is 6.03 Å². The van der Waals surface area contributed by atoms with Gasteiger partial charge in [0.25, 0.3) is 0 Å². The van der Waals surface area contributed by atoms with Crippen molar-refractivity contribution in [3.8, 4) is 0 Å². The van der Waals surface area contributed by atoms with Gasteiger partial charge in [-0.25, -0.2) is 10.1 Å². The van der Waals surface area contributed by atoms with E-state index in [4.69, 9.17) is 0 Å². The summed E-state index contributed by atoms with van der Waals surface area (Å²) in [5, 5.41) is 6.06. The first-order valence-electron chi connectivity index (χ1n) is 2.98. The molecule has 0 atom stereocenters. The maximum Gasteiger partial charge on any atom is 0.336 e. The third kappa shape index (κ3) is 4.90. The molecule has 2 amide bonds. The Morgan fingerprint density at radius 2 is 2.20 bits per heavy atom. The van der Waals surface area contributed by atoms with Crippen molar-refractivity contribution in [2.45, 2.75) is 0 Å². The fourth-order valence-electron chi connectivity index (χ4n) is 0.363. The molecule has 0 aliphatic heterocycles. The van der Waals surface area contributed by atoms with Crippen LogP contribution >= 0.6 is 0 Å². The second-order valence-corrected chi connectivity index (χ2v) is 1.60. The Balaban J connectivity index is 3.24. The van der Waals surface area contributed by atoms with Crippen LogP contribution in [0.4, 0.5) is 4.79 Å². The molecule has 0 saturated heterocycles. The van der Waals surface area contributed by atoms with Crippen molar-refractivity contribution in [1.29, 1.82) is 0 Å². The molecular weight excluding hydrogens is 128 g/mol. The Morgan fingerprint density at radius 3 is 2.70 bits per heavy atom. The molecule has 0 aromatic rings. The van der Waals surface area contributed by atoms with Gasteiger partial charge in [-0.15, -0.1) is 13.2 Å². The van der Waals surface area contributed by atoms with Gasteiger partial charge in [0.15, 0.2) is 0 Å². The van der Waals surface area contributed by atoms with Crippen molar-refractivity contribution in [1.82, 2.24) is 10.6 Å². The predicted octanol–water partition coefficient (Wildman–Crippen LogP) is 0.672. The molecule has 0 unspecified atom stereocenters. The van der Waals surface area contributed by atoms with E-state index in [-0.39, 0.29) is 6.03 Å². The van der Waals surface area contributed by atoms with Gasteiger partial charge in [-0.05, 0) is 0 Å². The van der Waals surface area contributed by atoms with Crippen LogP contribution in [-0.2, 0) is 0 Å². The predicted molar refractivity (Wildman–Crippen MR) is 40.8 cm³/mol. The molecule has 10 heavy (non-hydrogen) atoms. The Kier molecular flexibility index (Phi) is 5.14. The number of nitrogens with one attached hydrogen (secondary N) is 1. The van der Waals surface area contributed by atoms with Crippen LogP contribution < -0.4 is 10.6 Å². The molecule has 0 spiro atoms. The van der Waals surface area contributed by atoms with Crippen LogP contribution in [0.5, 0.6) is 0 Å². The summed E-state index contributed by atoms with van der Waals surface area (Å²) < 4.78 is 0. The second kappa shape index (κ2) is 5.88. The lowest BCUT2D eigenvalue weighted by atomic mass is 10.6. The highest BCUT2D eigenvalue weighted by Gasteiger charge is 1.94. The maximum absolute atomic E-state index is 10.6. The Labute approximate surface area is 60.8 Å². The van der Waals surface area contributed by atoms with Crippen molar-refractivity contribution in [2.75, 3.05) is 13.1 Å². The molecule has 1 N–H and O–H groups in total. The summed E-state index contributed by atoms with van der Waals surface area (Å²) >= 11 is 0. The summed E-state index contributed by atoms with van der Waals surface area (Å²) in [7, 11) is 0. The number of nitrogens with zero attached hydrogens (tertiary/aromatic N) is 1.